The van der Waals surface area contributed by atoms with Crippen LogP contribution in [0.3, 0.4) is 0 Å². The van der Waals surface area contributed by atoms with Crippen molar-refractivity contribution < 1.29 is 22.7 Å². The molecule has 0 radical (unpaired) electrons. The van der Waals surface area contributed by atoms with Gasteiger partial charge in [0.25, 0.3) is 0 Å². The molecule has 0 heterocycles. The van der Waals surface area contributed by atoms with Gasteiger partial charge in [-0.15, -0.1) is 0 Å². The molecule has 8 nitrogen and oxygen atoms in total. The molecule has 2 rings (SSSR count). The van der Waals surface area contributed by atoms with E-state index in [9.17, 15) is 18.0 Å². The number of carbonyl (C=O) groups excluding carboxylic acids is 2. The molecule has 2 amide bonds. The third kappa shape index (κ3) is 7.48. The number of sulfonamides is 1. The molecule has 0 aromatic heterocycles. The lowest BCUT2D eigenvalue weighted by molar-refractivity contribution is -0.140. The van der Waals surface area contributed by atoms with Crippen LogP contribution in [0.2, 0.25) is 0 Å². The minimum atomic E-state index is -3.74. The van der Waals surface area contributed by atoms with Crippen molar-refractivity contribution in [3.05, 3.63) is 59.7 Å². The molecule has 0 aliphatic rings. The maximum Gasteiger partial charge on any atom is 0.244 e. The zero-order valence-electron chi connectivity index (χ0n) is 20.7. The molecule has 2 aromatic carbocycles. The van der Waals surface area contributed by atoms with Crippen LogP contribution in [0.4, 0.5) is 5.69 Å². The molecule has 0 spiro atoms. The number of methoxy groups -OCH3 is 1. The highest BCUT2D eigenvalue weighted by Crippen LogP contribution is 2.21. The summed E-state index contributed by atoms with van der Waals surface area (Å²) in [4.78, 5) is 28.0. The Morgan fingerprint density at radius 1 is 1.03 bits per heavy atom. The maximum absolute atomic E-state index is 13.6. The van der Waals surface area contributed by atoms with Crippen molar-refractivity contribution >= 4 is 27.5 Å². The number of benzene rings is 2. The summed E-state index contributed by atoms with van der Waals surface area (Å²) in [7, 11) is -2.18. The van der Waals surface area contributed by atoms with E-state index in [1.165, 1.54) is 4.90 Å². The van der Waals surface area contributed by atoms with E-state index in [0.29, 0.717) is 17.9 Å². The zero-order valence-corrected chi connectivity index (χ0v) is 21.6. The van der Waals surface area contributed by atoms with Gasteiger partial charge in [0.2, 0.25) is 21.8 Å². The highest BCUT2D eigenvalue weighted by Gasteiger charge is 2.31. The minimum Gasteiger partial charge on any atom is -0.497 e. The van der Waals surface area contributed by atoms with E-state index >= 15 is 0 Å². The van der Waals surface area contributed by atoms with Crippen LogP contribution >= 0.6 is 0 Å². The van der Waals surface area contributed by atoms with Gasteiger partial charge in [-0.25, -0.2) is 8.42 Å². The predicted molar refractivity (Wildman–Crippen MR) is 134 cm³/mol. The smallest absolute Gasteiger partial charge is 0.244 e. The molecule has 186 valence electrons. The molecule has 2 aromatic rings. The Bertz CT molecular complexity index is 1070. The first-order valence-corrected chi connectivity index (χ1v) is 13.1. The van der Waals surface area contributed by atoms with Crippen molar-refractivity contribution in [2.24, 2.45) is 0 Å². The number of amides is 2. The zero-order chi connectivity index (χ0) is 25.5. The molecule has 1 N–H and O–H groups in total. The molecule has 0 fully saturated rings. The van der Waals surface area contributed by atoms with Gasteiger partial charge in [-0.1, -0.05) is 36.8 Å². The van der Waals surface area contributed by atoms with Crippen LogP contribution in [0.15, 0.2) is 48.5 Å². The summed E-state index contributed by atoms with van der Waals surface area (Å²) in [6.07, 6.45) is 1.45. The number of nitrogens with one attached hydrogen (secondary N) is 1. The fourth-order valence-corrected chi connectivity index (χ4v) is 4.40. The Balaban J connectivity index is 2.42. The van der Waals surface area contributed by atoms with Gasteiger partial charge in [-0.2, -0.15) is 0 Å². The van der Waals surface area contributed by atoms with Crippen LogP contribution in [0.5, 0.6) is 5.75 Å². The van der Waals surface area contributed by atoms with Crippen LogP contribution in [-0.4, -0.2) is 57.1 Å². The van der Waals surface area contributed by atoms with Gasteiger partial charge in [0.1, 0.15) is 18.3 Å². The first-order valence-electron chi connectivity index (χ1n) is 11.2. The number of anilines is 1. The van der Waals surface area contributed by atoms with Crippen LogP contribution in [0, 0.1) is 6.92 Å². The number of aryl methyl sites for hydroxylation is 1. The molecule has 34 heavy (non-hydrogen) atoms. The van der Waals surface area contributed by atoms with Gasteiger partial charge in [-0.3, -0.25) is 13.9 Å². The summed E-state index contributed by atoms with van der Waals surface area (Å²) < 4.78 is 31.4. The van der Waals surface area contributed by atoms with Crippen molar-refractivity contribution in [3.8, 4) is 5.75 Å². The Morgan fingerprint density at radius 3 is 2.09 bits per heavy atom. The van der Waals surface area contributed by atoms with Crippen molar-refractivity contribution in [1.82, 2.24) is 10.2 Å². The molecule has 0 bridgehead atoms. The van der Waals surface area contributed by atoms with Crippen molar-refractivity contribution in [3.63, 3.8) is 0 Å². The van der Waals surface area contributed by atoms with E-state index in [1.807, 2.05) is 39.8 Å². The third-order valence-corrected chi connectivity index (χ3v) is 6.47. The Labute approximate surface area is 202 Å². The first kappa shape index (κ1) is 27.2. The normalized spacial score (nSPS) is 12.2. The number of rotatable bonds is 11. The van der Waals surface area contributed by atoms with E-state index in [4.69, 9.17) is 4.74 Å². The molecule has 0 saturated heterocycles. The molecular formula is C25H35N3O5S. The Kier molecular flexibility index (Phi) is 9.49. The van der Waals surface area contributed by atoms with Gasteiger partial charge < -0.3 is 15.0 Å². The lowest BCUT2D eigenvalue weighted by Gasteiger charge is -2.33. The lowest BCUT2D eigenvalue weighted by Crippen LogP contribution is -2.53. The molecule has 0 aliphatic heterocycles. The number of carbonyl (C=O) groups is 2. The fraction of sp³-hybridized carbons (Fsp3) is 0.440. The number of hydrogen-bond acceptors (Lipinski definition) is 5. The SMILES string of the molecule is CC[C@@H](C(=O)NC(C)C)N(Cc1ccc(OC)cc1)C(=O)CN(c1ccc(C)cc1)S(C)(=O)=O. The lowest BCUT2D eigenvalue weighted by atomic mass is 10.1. The first-order chi connectivity index (χ1) is 16.0. The van der Waals surface area contributed by atoms with Gasteiger partial charge >= 0.3 is 0 Å². The van der Waals surface area contributed by atoms with Crippen molar-refractivity contribution in [2.45, 2.75) is 52.7 Å². The summed E-state index contributed by atoms with van der Waals surface area (Å²) in [5.41, 5.74) is 2.16. The maximum atomic E-state index is 13.6. The average molecular weight is 490 g/mol. The number of ether oxygens (including phenoxy) is 1. The monoisotopic (exact) mass is 489 g/mol. The van der Waals surface area contributed by atoms with E-state index in [2.05, 4.69) is 5.32 Å². The molecule has 0 aliphatic carbocycles. The summed E-state index contributed by atoms with van der Waals surface area (Å²) in [5.74, 6) is -0.0676. The summed E-state index contributed by atoms with van der Waals surface area (Å²) >= 11 is 0. The minimum absolute atomic E-state index is 0.0976. The van der Waals surface area contributed by atoms with Crippen molar-refractivity contribution in [1.29, 1.82) is 0 Å². The van der Waals surface area contributed by atoms with Crippen LogP contribution in [0.25, 0.3) is 0 Å². The second kappa shape index (κ2) is 11.9. The highest BCUT2D eigenvalue weighted by atomic mass is 32.2. The molecule has 0 unspecified atom stereocenters. The summed E-state index contributed by atoms with van der Waals surface area (Å²) in [6, 6.07) is 13.3. The van der Waals surface area contributed by atoms with Gasteiger partial charge in [0, 0.05) is 12.6 Å². The van der Waals surface area contributed by atoms with E-state index in [0.717, 1.165) is 21.7 Å². The Morgan fingerprint density at radius 2 is 1.62 bits per heavy atom. The van der Waals surface area contributed by atoms with Crippen LogP contribution in [-0.2, 0) is 26.2 Å². The summed E-state index contributed by atoms with van der Waals surface area (Å²) in [5, 5.41) is 2.87. The average Bonchev–Trinajstić information content (AvgIpc) is 2.77. The molecular weight excluding hydrogens is 454 g/mol. The second-order valence-electron chi connectivity index (χ2n) is 8.56. The van der Waals surface area contributed by atoms with Crippen LogP contribution in [0.1, 0.15) is 38.3 Å². The number of nitrogens with zero attached hydrogens (tertiary/aromatic N) is 2. The topological polar surface area (TPSA) is 96.0 Å². The van der Waals surface area contributed by atoms with E-state index < -0.39 is 28.5 Å². The quantitative estimate of drug-likeness (QED) is 0.523. The van der Waals surface area contributed by atoms with Crippen LogP contribution < -0.4 is 14.4 Å². The molecule has 1 atom stereocenters. The third-order valence-electron chi connectivity index (χ3n) is 5.33. The standard InChI is InChI=1S/C25H35N3O5S/c1-7-23(25(30)26-18(2)3)27(16-20-10-14-22(33-5)15-11-20)24(29)17-28(34(6,31)32)21-12-8-19(4)9-13-21/h8-15,18,23H,7,16-17H2,1-6H3,(H,26,30)/t23-/m0/s1. The summed E-state index contributed by atoms with van der Waals surface area (Å²) in [6.45, 7) is 7.16. The van der Waals surface area contributed by atoms with Gasteiger partial charge in [-0.05, 0) is 57.0 Å². The van der Waals surface area contributed by atoms with Gasteiger partial charge in [0.05, 0.1) is 19.1 Å². The fourth-order valence-electron chi connectivity index (χ4n) is 3.55. The molecule has 0 saturated carbocycles. The van der Waals surface area contributed by atoms with Crippen molar-refractivity contribution in [2.75, 3.05) is 24.2 Å². The number of hydrogen-bond donors (Lipinski definition) is 1. The highest BCUT2D eigenvalue weighted by molar-refractivity contribution is 7.92. The van der Waals surface area contributed by atoms with E-state index in [1.54, 1.807) is 43.5 Å². The predicted octanol–water partition coefficient (Wildman–Crippen LogP) is 3.10. The second-order valence-corrected chi connectivity index (χ2v) is 10.5. The van der Waals surface area contributed by atoms with E-state index in [-0.39, 0.29) is 18.5 Å². The largest absolute Gasteiger partial charge is 0.497 e. The Hall–Kier alpha value is -3.07. The van der Waals surface area contributed by atoms with Gasteiger partial charge in [0.15, 0.2) is 0 Å². The molecule has 9 heteroatoms.